The molecular formula is C13H12F3N3O2. The highest BCUT2D eigenvalue weighted by molar-refractivity contribution is 5.47. The number of ether oxygens (including phenoxy) is 1. The van der Waals surface area contributed by atoms with Crippen molar-refractivity contribution in [2.45, 2.75) is 24.6 Å². The Balaban J connectivity index is 2.06. The highest BCUT2D eigenvalue weighted by atomic mass is 19.4. The van der Waals surface area contributed by atoms with Gasteiger partial charge in [-0.2, -0.15) is 18.2 Å². The largest absolute Gasteiger partial charge is 0.497 e. The molecule has 1 unspecified atom stereocenters. The number of hydrogen-bond donors (Lipinski definition) is 1. The fourth-order valence-electron chi connectivity index (χ4n) is 2.53. The predicted molar refractivity (Wildman–Crippen MR) is 65.6 cm³/mol. The van der Waals surface area contributed by atoms with E-state index in [-0.39, 0.29) is 5.82 Å². The molecular weight excluding hydrogens is 287 g/mol. The molecule has 112 valence electrons. The average Bonchev–Trinajstić information content (AvgIpc) is 3.05. The van der Waals surface area contributed by atoms with Crippen molar-refractivity contribution in [2.24, 2.45) is 5.73 Å². The molecule has 2 aromatic rings. The van der Waals surface area contributed by atoms with Crippen molar-refractivity contribution in [2.75, 3.05) is 7.11 Å². The van der Waals surface area contributed by atoms with Gasteiger partial charge in [-0.3, -0.25) is 0 Å². The Morgan fingerprint density at radius 3 is 2.76 bits per heavy atom. The number of aryl methyl sites for hydroxylation is 1. The summed E-state index contributed by atoms with van der Waals surface area (Å²) >= 11 is 0. The van der Waals surface area contributed by atoms with Gasteiger partial charge in [-0.05, 0) is 36.1 Å². The molecule has 8 heteroatoms. The van der Waals surface area contributed by atoms with Crippen LogP contribution < -0.4 is 10.5 Å². The molecule has 21 heavy (non-hydrogen) atoms. The molecule has 1 heterocycles. The molecule has 2 N–H and O–H groups in total. The van der Waals surface area contributed by atoms with E-state index in [9.17, 15) is 13.2 Å². The van der Waals surface area contributed by atoms with Crippen LogP contribution in [0, 0.1) is 0 Å². The summed E-state index contributed by atoms with van der Waals surface area (Å²) in [4.78, 5) is 3.42. The van der Waals surface area contributed by atoms with Crippen molar-refractivity contribution in [3.63, 3.8) is 0 Å². The van der Waals surface area contributed by atoms with E-state index in [1.807, 2.05) is 6.07 Å². The third-order valence-corrected chi connectivity index (χ3v) is 3.65. The number of aromatic nitrogens is 2. The quantitative estimate of drug-likeness (QED) is 0.920. The van der Waals surface area contributed by atoms with Gasteiger partial charge in [-0.25, -0.2) is 0 Å². The highest BCUT2D eigenvalue weighted by Gasteiger charge is 2.45. The number of methoxy groups -OCH3 is 1. The van der Waals surface area contributed by atoms with Crippen molar-refractivity contribution in [3.8, 4) is 5.75 Å². The first-order valence-corrected chi connectivity index (χ1v) is 6.22. The Hall–Kier alpha value is -2.09. The second-order valence-electron chi connectivity index (χ2n) is 4.92. The summed E-state index contributed by atoms with van der Waals surface area (Å²) < 4.78 is 47.1. The Morgan fingerprint density at radius 2 is 2.14 bits per heavy atom. The maximum atomic E-state index is 12.6. The molecule has 1 aromatic heterocycles. The lowest BCUT2D eigenvalue weighted by Gasteiger charge is -2.21. The van der Waals surface area contributed by atoms with Crippen LogP contribution in [-0.4, -0.2) is 17.3 Å². The number of alkyl halides is 3. The molecule has 0 spiro atoms. The second kappa shape index (κ2) is 4.45. The minimum atomic E-state index is -4.68. The molecule has 3 rings (SSSR count). The molecule has 0 amide bonds. The molecule has 5 nitrogen and oxygen atoms in total. The summed E-state index contributed by atoms with van der Waals surface area (Å²) in [5.41, 5.74) is 6.67. The van der Waals surface area contributed by atoms with E-state index in [1.165, 1.54) is 7.11 Å². The molecule has 1 aromatic carbocycles. The summed E-state index contributed by atoms with van der Waals surface area (Å²) in [6.07, 6.45) is -3.64. The monoisotopic (exact) mass is 299 g/mol. The molecule has 0 bridgehead atoms. The zero-order chi connectivity index (χ0) is 15.3. The van der Waals surface area contributed by atoms with Crippen molar-refractivity contribution in [1.29, 1.82) is 0 Å². The van der Waals surface area contributed by atoms with Gasteiger partial charge >= 0.3 is 12.1 Å². The molecule has 1 aliphatic rings. The van der Waals surface area contributed by atoms with Gasteiger partial charge in [0, 0.05) is 0 Å². The SMILES string of the molecule is COc1ccc2c(c1)C(N)(c1noc(C(F)(F)F)n1)CC2. The minimum absolute atomic E-state index is 0.165. The average molecular weight is 299 g/mol. The van der Waals surface area contributed by atoms with Crippen LogP contribution in [0.2, 0.25) is 0 Å². The first kappa shape index (κ1) is 13.9. The van der Waals surface area contributed by atoms with Gasteiger partial charge in [0.1, 0.15) is 11.3 Å². The third-order valence-electron chi connectivity index (χ3n) is 3.65. The number of halogens is 3. The molecule has 0 aliphatic heterocycles. The summed E-state index contributed by atoms with van der Waals surface area (Å²) in [6, 6.07) is 5.32. The third kappa shape index (κ3) is 2.15. The molecule has 0 radical (unpaired) electrons. The molecule has 1 atom stereocenters. The van der Waals surface area contributed by atoms with E-state index in [2.05, 4.69) is 14.7 Å². The van der Waals surface area contributed by atoms with Crippen LogP contribution >= 0.6 is 0 Å². The van der Waals surface area contributed by atoms with Crippen LogP contribution in [0.4, 0.5) is 13.2 Å². The van der Waals surface area contributed by atoms with E-state index < -0.39 is 17.6 Å². The van der Waals surface area contributed by atoms with Crippen LogP contribution in [0.15, 0.2) is 22.7 Å². The Morgan fingerprint density at radius 1 is 1.38 bits per heavy atom. The minimum Gasteiger partial charge on any atom is -0.497 e. The van der Waals surface area contributed by atoms with Gasteiger partial charge in [0.25, 0.3) is 0 Å². The molecule has 0 fully saturated rings. The van der Waals surface area contributed by atoms with Crippen LogP contribution in [-0.2, 0) is 18.1 Å². The molecule has 0 saturated heterocycles. The van der Waals surface area contributed by atoms with Crippen molar-refractivity contribution < 1.29 is 22.4 Å². The first-order valence-electron chi connectivity index (χ1n) is 6.22. The van der Waals surface area contributed by atoms with E-state index in [1.54, 1.807) is 12.1 Å². The van der Waals surface area contributed by atoms with E-state index in [0.717, 1.165) is 5.56 Å². The zero-order valence-electron chi connectivity index (χ0n) is 11.1. The number of hydrogen-bond acceptors (Lipinski definition) is 5. The Labute approximate surface area is 117 Å². The lowest BCUT2D eigenvalue weighted by Crippen LogP contribution is -2.36. The van der Waals surface area contributed by atoms with E-state index in [4.69, 9.17) is 10.5 Å². The van der Waals surface area contributed by atoms with Crippen LogP contribution in [0.3, 0.4) is 0 Å². The predicted octanol–water partition coefficient (Wildman–Crippen LogP) is 2.25. The smallest absolute Gasteiger partial charge is 0.471 e. The van der Waals surface area contributed by atoms with Gasteiger partial charge in [-0.1, -0.05) is 11.2 Å². The van der Waals surface area contributed by atoms with Gasteiger partial charge in [-0.15, -0.1) is 0 Å². The van der Waals surface area contributed by atoms with Crippen LogP contribution in [0.5, 0.6) is 5.75 Å². The number of nitrogens with zero attached hydrogens (tertiary/aromatic N) is 2. The second-order valence-corrected chi connectivity index (χ2v) is 4.92. The maximum absolute atomic E-state index is 12.6. The van der Waals surface area contributed by atoms with Gasteiger partial charge in [0.2, 0.25) is 0 Å². The topological polar surface area (TPSA) is 74.2 Å². The highest BCUT2D eigenvalue weighted by Crippen LogP contribution is 2.41. The van der Waals surface area contributed by atoms with Gasteiger partial charge < -0.3 is 15.0 Å². The fraction of sp³-hybridized carbons (Fsp3) is 0.385. The number of benzene rings is 1. The first-order chi connectivity index (χ1) is 9.84. The maximum Gasteiger partial charge on any atom is 0.471 e. The zero-order valence-corrected chi connectivity index (χ0v) is 11.1. The Kier molecular flexibility index (Phi) is 2.94. The fourth-order valence-corrected chi connectivity index (χ4v) is 2.53. The molecule has 0 saturated carbocycles. The standard InChI is InChI=1S/C13H12F3N3O2/c1-20-8-3-2-7-4-5-12(17,9(7)6-8)10-18-11(21-19-10)13(14,15)16/h2-3,6H,4-5,17H2,1H3. The van der Waals surface area contributed by atoms with Gasteiger partial charge in [0.05, 0.1) is 7.11 Å². The lowest BCUT2D eigenvalue weighted by atomic mass is 9.92. The van der Waals surface area contributed by atoms with Crippen molar-refractivity contribution >= 4 is 0 Å². The van der Waals surface area contributed by atoms with Crippen molar-refractivity contribution in [3.05, 3.63) is 41.0 Å². The summed E-state index contributed by atoms with van der Waals surface area (Å²) in [5.74, 6) is -0.981. The number of nitrogens with two attached hydrogens (primary N) is 1. The summed E-state index contributed by atoms with van der Waals surface area (Å²) in [6.45, 7) is 0. The lowest BCUT2D eigenvalue weighted by molar-refractivity contribution is -0.159. The number of rotatable bonds is 2. The van der Waals surface area contributed by atoms with Gasteiger partial charge in [0.15, 0.2) is 5.82 Å². The Bertz CT molecular complexity index is 684. The normalized spacial score (nSPS) is 21.4. The van der Waals surface area contributed by atoms with E-state index in [0.29, 0.717) is 24.2 Å². The van der Waals surface area contributed by atoms with Crippen LogP contribution in [0.25, 0.3) is 0 Å². The molecule has 1 aliphatic carbocycles. The van der Waals surface area contributed by atoms with Crippen molar-refractivity contribution in [1.82, 2.24) is 10.1 Å². The summed E-state index contributed by atoms with van der Waals surface area (Å²) in [5, 5.41) is 3.42. The number of fused-ring (bicyclic) bond motifs is 1. The summed E-state index contributed by atoms with van der Waals surface area (Å²) in [7, 11) is 1.50. The van der Waals surface area contributed by atoms with E-state index >= 15 is 0 Å². The van der Waals surface area contributed by atoms with Crippen LogP contribution in [0.1, 0.15) is 29.3 Å².